The maximum Gasteiger partial charge on any atom is 0.387 e. The van der Waals surface area contributed by atoms with E-state index >= 15 is 0 Å². The van der Waals surface area contributed by atoms with Crippen LogP contribution in [0.1, 0.15) is 30.1 Å². The van der Waals surface area contributed by atoms with Gasteiger partial charge < -0.3 is 10.1 Å². The van der Waals surface area contributed by atoms with Crippen molar-refractivity contribution in [2.24, 2.45) is 0 Å². The van der Waals surface area contributed by atoms with Crippen LogP contribution < -0.4 is 10.1 Å². The van der Waals surface area contributed by atoms with Crippen molar-refractivity contribution in [3.05, 3.63) is 29.8 Å². The number of ether oxygens (including phenoxy) is 1. The summed E-state index contributed by atoms with van der Waals surface area (Å²) < 4.78 is 28.1. The van der Waals surface area contributed by atoms with Crippen LogP contribution in [-0.2, 0) is 0 Å². The summed E-state index contributed by atoms with van der Waals surface area (Å²) in [5.74, 6) is -0.194. The third-order valence-corrected chi connectivity index (χ3v) is 3.21. The lowest BCUT2D eigenvalue weighted by Crippen LogP contribution is -2.29. The average Bonchev–Trinajstić information content (AvgIpc) is 2.36. The summed E-state index contributed by atoms with van der Waals surface area (Å²) >= 11 is 3.46. The highest BCUT2D eigenvalue weighted by Crippen LogP contribution is 2.15. The van der Waals surface area contributed by atoms with Crippen LogP contribution in [0, 0.1) is 0 Å². The molecule has 0 aliphatic rings. The van der Waals surface area contributed by atoms with E-state index in [0.29, 0.717) is 12.1 Å². The summed E-state index contributed by atoms with van der Waals surface area (Å²) in [5, 5.41) is 2.77. The first-order valence-corrected chi connectivity index (χ1v) is 6.91. The maximum absolute atomic E-state index is 12.0. The quantitative estimate of drug-likeness (QED) is 0.773. The van der Waals surface area contributed by atoms with E-state index in [-0.39, 0.29) is 16.5 Å². The Morgan fingerprint density at radius 3 is 2.53 bits per heavy atom. The largest absolute Gasteiger partial charge is 0.435 e. The lowest BCUT2D eigenvalue weighted by atomic mass is 10.2. The minimum atomic E-state index is -2.86. The molecule has 0 fully saturated rings. The maximum atomic E-state index is 12.0. The van der Waals surface area contributed by atoms with Crippen LogP contribution in [0.2, 0.25) is 0 Å². The topological polar surface area (TPSA) is 38.3 Å². The Morgan fingerprint density at radius 2 is 2.00 bits per heavy atom. The van der Waals surface area contributed by atoms with E-state index in [1.807, 2.05) is 0 Å². The lowest BCUT2D eigenvalue weighted by molar-refractivity contribution is -0.0498. The summed E-state index contributed by atoms with van der Waals surface area (Å²) in [6.07, 6.45) is 2.01. The molecular weight excluding hydrogens is 320 g/mol. The van der Waals surface area contributed by atoms with Crippen molar-refractivity contribution in [1.29, 1.82) is 0 Å². The summed E-state index contributed by atoms with van der Waals surface area (Å²) in [5.41, 5.74) is 0.415. The van der Waals surface area contributed by atoms with Crippen molar-refractivity contribution >= 4 is 21.8 Å². The highest BCUT2D eigenvalue weighted by atomic mass is 79.9. The van der Waals surface area contributed by atoms with Crippen molar-refractivity contribution in [3.63, 3.8) is 0 Å². The fourth-order valence-electron chi connectivity index (χ4n) is 1.51. The van der Waals surface area contributed by atoms with Gasteiger partial charge in [-0.3, -0.25) is 4.79 Å². The molecule has 3 nitrogen and oxygen atoms in total. The molecule has 1 aromatic carbocycles. The molecule has 1 amide bonds. The van der Waals surface area contributed by atoms with E-state index < -0.39 is 6.61 Å². The number of hydrogen-bond donors (Lipinski definition) is 1. The van der Waals surface area contributed by atoms with E-state index in [4.69, 9.17) is 0 Å². The number of carbonyl (C=O) groups excluding carboxylic acids is 1. The van der Waals surface area contributed by atoms with Gasteiger partial charge in [0.2, 0.25) is 0 Å². The number of benzene rings is 1. The van der Waals surface area contributed by atoms with Crippen molar-refractivity contribution in [2.45, 2.75) is 31.2 Å². The predicted octanol–water partition coefficient (Wildman–Crippen LogP) is 3.58. The average molecular weight is 336 g/mol. The molecule has 0 heterocycles. The first-order valence-electron chi connectivity index (χ1n) is 6.00. The Kier molecular flexibility index (Phi) is 6.77. The number of amides is 1. The molecule has 0 saturated carbocycles. The third-order valence-electron chi connectivity index (χ3n) is 2.43. The van der Waals surface area contributed by atoms with E-state index in [1.165, 1.54) is 24.3 Å². The van der Waals surface area contributed by atoms with Crippen molar-refractivity contribution in [3.8, 4) is 5.75 Å². The van der Waals surface area contributed by atoms with Crippen molar-refractivity contribution in [1.82, 2.24) is 5.32 Å². The zero-order valence-electron chi connectivity index (χ0n) is 10.5. The molecule has 0 spiro atoms. The van der Waals surface area contributed by atoms with E-state index in [9.17, 15) is 13.6 Å². The number of halogens is 3. The first-order chi connectivity index (χ1) is 9.02. The van der Waals surface area contributed by atoms with E-state index in [1.54, 1.807) is 0 Å². The summed E-state index contributed by atoms with van der Waals surface area (Å²) in [4.78, 5) is 12.0. The monoisotopic (exact) mass is 335 g/mol. The highest BCUT2D eigenvalue weighted by Gasteiger charge is 2.09. The fraction of sp³-hybridized carbons (Fsp3) is 0.462. The summed E-state index contributed by atoms with van der Waals surface area (Å²) in [6, 6.07) is 5.60. The van der Waals surface area contributed by atoms with Crippen LogP contribution in [0.15, 0.2) is 24.3 Å². The van der Waals surface area contributed by atoms with Gasteiger partial charge in [-0.1, -0.05) is 29.3 Å². The molecule has 1 aromatic rings. The van der Waals surface area contributed by atoms with Crippen LogP contribution in [0.3, 0.4) is 0 Å². The molecule has 0 saturated heterocycles. The molecule has 0 aromatic heterocycles. The second-order valence-electron chi connectivity index (χ2n) is 4.00. The van der Waals surface area contributed by atoms with Crippen LogP contribution >= 0.6 is 15.9 Å². The van der Waals surface area contributed by atoms with Crippen LogP contribution in [-0.4, -0.2) is 23.9 Å². The van der Waals surface area contributed by atoms with Crippen LogP contribution in [0.5, 0.6) is 5.75 Å². The SMILES string of the molecule is CCCC(Br)CNC(=O)c1ccc(OC(F)F)cc1. The first kappa shape index (κ1) is 15.9. The highest BCUT2D eigenvalue weighted by molar-refractivity contribution is 9.09. The zero-order chi connectivity index (χ0) is 14.3. The predicted molar refractivity (Wildman–Crippen MR) is 73.0 cm³/mol. The molecule has 19 heavy (non-hydrogen) atoms. The van der Waals surface area contributed by atoms with Gasteiger partial charge in [0, 0.05) is 16.9 Å². The van der Waals surface area contributed by atoms with Gasteiger partial charge in [-0.25, -0.2) is 0 Å². The summed E-state index contributed by atoms with van der Waals surface area (Å²) in [7, 11) is 0. The van der Waals surface area contributed by atoms with Gasteiger partial charge in [-0.15, -0.1) is 0 Å². The molecule has 1 atom stereocenters. The van der Waals surface area contributed by atoms with Crippen molar-refractivity contribution < 1.29 is 18.3 Å². The number of hydrogen-bond acceptors (Lipinski definition) is 2. The minimum Gasteiger partial charge on any atom is -0.435 e. The van der Waals surface area contributed by atoms with Gasteiger partial charge in [0.05, 0.1) is 0 Å². The molecule has 1 rings (SSSR count). The van der Waals surface area contributed by atoms with E-state index in [0.717, 1.165) is 12.8 Å². The Hall–Kier alpha value is -1.17. The van der Waals surface area contributed by atoms with Gasteiger partial charge in [0.25, 0.3) is 5.91 Å². The molecule has 1 unspecified atom stereocenters. The van der Waals surface area contributed by atoms with Crippen LogP contribution in [0.4, 0.5) is 8.78 Å². The van der Waals surface area contributed by atoms with E-state index in [2.05, 4.69) is 32.9 Å². The summed E-state index contributed by atoms with van der Waals surface area (Å²) in [6.45, 7) is -0.261. The molecular formula is C13H16BrF2NO2. The standard InChI is InChI=1S/C13H16BrF2NO2/c1-2-3-10(14)8-17-12(18)9-4-6-11(7-5-9)19-13(15)16/h4-7,10,13H,2-3,8H2,1H3,(H,17,18). The van der Waals surface area contributed by atoms with Gasteiger partial charge in [-0.05, 0) is 30.7 Å². The Balaban J connectivity index is 2.48. The Bertz CT molecular complexity index is 398. The number of nitrogens with one attached hydrogen (secondary N) is 1. The Morgan fingerprint density at radius 1 is 1.37 bits per heavy atom. The van der Waals surface area contributed by atoms with Crippen LogP contribution in [0.25, 0.3) is 0 Å². The second kappa shape index (κ2) is 8.09. The fourth-order valence-corrected chi connectivity index (χ4v) is 2.13. The molecule has 0 radical (unpaired) electrons. The third kappa shape index (κ3) is 6.00. The van der Waals surface area contributed by atoms with Gasteiger partial charge in [-0.2, -0.15) is 8.78 Å². The van der Waals surface area contributed by atoms with Gasteiger partial charge >= 0.3 is 6.61 Å². The number of rotatable bonds is 7. The molecule has 1 N–H and O–H groups in total. The van der Waals surface area contributed by atoms with Gasteiger partial charge in [0.1, 0.15) is 5.75 Å². The minimum absolute atomic E-state index is 0.0379. The normalized spacial score (nSPS) is 12.3. The zero-order valence-corrected chi connectivity index (χ0v) is 12.1. The molecule has 0 bridgehead atoms. The van der Waals surface area contributed by atoms with Gasteiger partial charge in [0.15, 0.2) is 0 Å². The second-order valence-corrected chi connectivity index (χ2v) is 5.29. The van der Waals surface area contributed by atoms with Crippen molar-refractivity contribution in [2.75, 3.05) is 6.54 Å². The molecule has 6 heteroatoms. The smallest absolute Gasteiger partial charge is 0.387 e. The Labute approximate surface area is 119 Å². The molecule has 106 valence electrons. The number of carbonyl (C=O) groups is 1. The lowest BCUT2D eigenvalue weighted by Gasteiger charge is -2.10. The molecule has 0 aliphatic carbocycles. The molecule has 0 aliphatic heterocycles. The number of alkyl halides is 3.